The number of hydrogen-bond donors (Lipinski definition) is 1. The van der Waals surface area contributed by atoms with E-state index in [1.807, 2.05) is 0 Å². The maximum atomic E-state index is 4.52. The summed E-state index contributed by atoms with van der Waals surface area (Å²) in [5.41, 5.74) is 2.41. The Bertz CT molecular complexity index is 440. The molecule has 4 heteroatoms. The van der Waals surface area contributed by atoms with E-state index in [1.54, 1.807) is 0 Å². The van der Waals surface area contributed by atoms with E-state index in [-0.39, 0.29) is 0 Å². The summed E-state index contributed by atoms with van der Waals surface area (Å²) in [6.07, 6.45) is 6.70. The fourth-order valence-corrected chi connectivity index (χ4v) is 3.85. The molecule has 2 saturated heterocycles. The Morgan fingerprint density at radius 2 is 2.20 bits per heavy atom. The third-order valence-electron chi connectivity index (χ3n) is 4.90. The average molecular weight is 276 g/mol. The molecular formula is C16H28N4. The van der Waals surface area contributed by atoms with Crippen molar-refractivity contribution in [2.75, 3.05) is 19.6 Å². The molecule has 0 aliphatic carbocycles. The van der Waals surface area contributed by atoms with E-state index in [0.717, 1.165) is 30.9 Å². The summed E-state index contributed by atoms with van der Waals surface area (Å²) < 4.78 is 2.14. The SMILES string of the molecule is Cc1cc(C)n(CCCN[C@@H]2CCN3CCC[C@@H]3C2)n1. The molecule has 20 heavy (non-hydrogen) atoms. The predicted octanol–water partition coefficient (Wildman–Crippen LogP) is 2.11. The number of aryl methyl sites for hydroxylation is 3. The van der Waals surface area contributed by atoms with Crippen LogP contribution in [-0.4, -0.2) is 46.4 Å². The van der Waals surface area contributed by atoms with Gasteiger partial charge in [0.1, 0.15) is 0 Å². The number of fused-ring (bicyclic) bond motifs is 1. The van der Waals surface area contributed by atoms with E-state index in [0.29, 0.717) is 0 Å². The topological polar surface area (TPSA) is 33.1 Å². The van der Waals surface area contributed by atoms with Crippen LogP contribution in [0.1, 0.15) is 43.5 Å². The molecule has 112 valence electrons. The summed E-state index contributed by atoms with van der Waals surface area (Å²) in [6, 6.07) is 3.77. The van der Waals surface area contributed by atoms with E-state index in [1.165, 1.54) is 50.9 Å². The van der Waals surface area contributed by atoms with Crippen LogP contribution in [0.2, 0.25) is 0 Å². The second kappa shape index (κ2) is 6.27. The maximum absolute atomic E-state index is 4.52. The van der Waals surface area contributed by atoms with Crippen molar-refractivity contribution < 1.29 is 0 Å². The second-order valence-corrected chi connectivity index (χ2v) is 6.51. The first-order valence-electron chi connectivity index (χ1n) is 8.21. The third kappa shape index (κ3) is 3.23. The normalized spacial score (nSPS) is 26.9. The molecule has 0 radical (unpaired) electrons. The van der Waals surface area contributed by atoms with Crippen LogP contribution in [-0.2, 0) is 6.54 Å². The molecule has 3 heterocycles. The van der Waals surface area contributed by atoms with E-state index in [9.17, 15) is 0 Å². The monoisotopic (exact) mass is 276 g/mol. The molecular weight excluding hydrogens is 248 g/mol. The van der Waals surface area contributed by atoms with Crippen molar-refractivity contribution in [3.8, 4) is 0 Å². The van der Waals surface area contributed by atoms with Gasteiger partial charge in [0.15, 0.2) is 0 Å². The summed E-state index contributed by atoms with van der Waals surface area (Å²) in [4.78, 5) is 2.69. The molecule has 0 unspecified atom stereocenters. The molecule has 3 rings (SSSR count). The average Bonchev–Trinajstić information content (AvgIpc) is 3.00. The minimum absolute atomic E-state index is 0.745. The highest BCUT2D eigenvalue weighted by Gasteiger charge is 2.31. The van der Waals surface area contributed by atoms with Gasteiger partial charge in [0.05, 0.1) is 5.69 Å². The van der Waals surface area contributed by atoms with Gasteiger partial charge in [-0.1, -0.05) is 0 Å². The van der Waals surface area contributed by atoms with Gasteiger partial charge in [-0.3, -0.25) is 4.68 Å². The van der Waals surface area contributed by atoms with Gasteiger partial charge in [-0.05, 0) is 71.7 Å². The smallest absolute Gasteiger partial charge is 0.0596 e. The van der Waals surface area contributed by atoms with Crippen LogP contribution < -0.4 is 5.32 Å². The lowest BCUT2D eigenvalue weighted by Gasteiger charge is -2.35. The second-order valence-electron chi connectivity index (χ2n) is 6.51. The van der Waals surface area contributed by atoms with Gasteiger partial charge in [0.25, 0.3) is 0 Å². The Balaban J connectivity index is 1.37. The summed E-state index contributed by atoms with van der Waals surface area (Å²) >= 11 is 0. The first-order valence-corrected chi connectivity index (χ1v) is 8.21. The van der Waals surface area contributed by atoms with Crippen LogP contribution >= 0.6 is 0 Å². The molecule has 1 N–H and O–H groups in total. The van der Waals surface area contributed by atoms with E-state index < -0.39 is 0 Å². The first kappa shape index (κ1) is 14.1. The van der Waals surface area contributed by atoms with Crippen LogP contribution in [0, 0.1) is 13.8 Å². The van der Waals surface area contributed by atoms with E-state index >= 15 is 0 Å². The van der Waals surface area contributed by atoms with Gasteiger partial charge >= 0.3 is 0 Å². The summed E-state index contributed by atoms with van der Waals surface area (Å²) in [5.74, 6) is 0. The standard InChI is InChI=1S/C16H28N4/c1-13-11-14(2)20(18-13)9-4-7-17-15-6-10-19-8-3-5-16(19)12-15/h11,15-17H,3-10,12H2,1-2H3/t15-,16-/m1/s1. The van der Waals surface area contributed by atoms with Crippen LogP contribution in [0.3, 0.4) is 0 Å². The van der Waals surface area contributed by atoms with Crippen LogP contribution in [0.5, 0.6) is 0 Å². The van der Waals surface area contributed by atoms with E-state index in [4.69, 9.17) is 0 Å². The third-order valence-corrected chi connectivity index (χ3v) is 4.90. The van der Waals surface area contributed by atoms with Crippen LogP contribution in [0.25, 0.3) is 0 Å². The van der Waals surface area contributed by atoms with Gasteiger partial charge in [0, 0.05) is 24.3 Å². The molecule has 0 bridgehead atoms. The van der Waals surface area contributed by atoms with Crippen LogP contribution in [0.15, 0.2) is 6.07 Å². The fourth-order valence-electron chi connectivity index (χ4n) is 3.85. The number of nitrogens with zero attached hydrogens (tertiary/aromatic N) is 3. The highest BCUT2D eigenvalue weighted by molar-refractivity contribution is 5.06. The molecule has 1 aromatic rings. The highest BCUT2D eigenvalue weighted by atomic mass is 15.3. The molecule has 1 aromatic heterocycles. The minimum atomic E-state index is 0.745. The van der Waals surface area contributed by atoms with Crippen molar-refractivity contribution in [1.82, 2.24) is 20.0 Å². The first-order chi connectivity index (χ1) is 9.72. The number of nitrogens with one attached hydrogen (secondary N) is 1. The number of rotatable bonds is 5. The van der Waals surface area contributed by atoms with Crippen molar-refractivity contribution in [3.05, 3.63) is 17.5 Å². The maximum Gasteiger partial charge on any atom is 0.0596 e. The zero-order chi connectivity index (χ0) is 13.9. The molecule has 2 aliphatic rings. The zero-order valence-electron chi connectivity index (χ0n) is 12.9. The van der Waals surface area contributed by atoms with E-state index in [2.05, 4.69) is 39.9 Å². The molecule has 0 amide bonds. The molecule has 0 saturated carbocycles. The molecule has 2 atom stereocenters. The van der Waals surface area contributed by atoms with Crippen molar-refractivity contribution >= 4 is 0 Å². The zero-order valence-corrected chi connectivity index (χ0v) is 12.9. The van der Waals surface area contributed by atoms with Crippen molar-refractivity contribution in [3.63, 3.8) is 0 Å². The van der Waals surface area contributed by atoms with Gasteiger partial charge < -0.3 is 10.2 Å². The molecule has 0 spiro atoms. The molecule has 4 nitrogen and oxygen atoms in total. The quantitative estimate of drug-likeness (QED) is 0.836. The van der Waals surface area contributed by atoms with Crippen molar-refractivity contribution in [2.45, 2.75) is 64.6 Å². The lowest BCUT2D eigenvalue weighted by Crippen LogP contribution is -2.45. The largest absolute Gasteiger partial charge is 0.314 e. The Morgan fingerprint density at radius 1 is 1.30 bits per heavy atom. The predicted molar refractivity (Wildman–Crippen MR) is 81.9 cm³/mol. The molecule has 2 fully saturated rings. The minimum Gasteiger partial charge on any atom is -0.314 e. The van der Waals surface area contributed by atoms with Crippen LogP contribution in [0.4, 0.5) is 0 Å². The molecule has 0 aromatic carbocycles. The summed E-state index contributed by atoms with van der Waals surface area (Å²) in [7, 11) is 0. The van der Waals surface area contributed by atoms with Gasteiger partial charge in [-0.25, -0.2) is 0 Å². The molecule has 2 aliphatic heterocycles. The lowest BCUT2D eigenvalue weighted by molar-refractivity contribution is 0.167. The summed E-state index contributed by atoms with van der Waals surface area (Å²) in [6.45, 7) is 9.01. The van der Waals surface area contributed by atoms with Gasteiger partial charge in [-0.15, -0.1) is 0 Å². The van der Waals surface area contributed by atoms with Gasteiger partial charge in [-0.2, -0.15) is 5.10 Å². The Kier molecular flexibility index (Phi) is 4.41. The summed E-state index contributed by atoms with van der Waals surface area (Å²) in [5, 5.41) is 8.28. The van der Waals surface area contributed by atoms with Gasteiger partial charge in [0.2, 0.25) is 0 Å². The number of hydrogen-bond acceptors (Lipinski definition) is 3. The highest BCUT2D eigenvalue weighted by Crippen LogP contribution is 2.26. The van der Waals surface area contributed by atoms with Crippen molar-refractivity contribution in [2.24, 2.45) is 0 Å². The van der Waals surface area contributed by atoms with Crippen molar-refractivity contribution in [1.29, 1.82) is 0 Å². The Labute approximate surface area is 122 Å². The number of piperidine rings is 1. The Hall–Kier alpha value is -0.870. The lowest BCUT2D eigenvalue weighted by atomic mass is 9.97. The Morgan fingerprint density at radius 3 is 3.00 bits per heavy atom. The fraction of sp³-hybridized carbons (Fsp3) is 0.812. The number of aromatic nitrogens is 2.